The standard InChI is InChI=1S/C9H21NO/c1-3-4-8(2)5-9(6-10)7-11/h8-9,11H,3-7,10H2,1-2H3. The van der Waals surface area contributed by atoms with Gasteiger partial charge in [-0.2, -0.15) is 0 Å². The molecule has 0 aromatic carbocycles. The highest BCUT2D eigenvalue weighted by atomic mass is 16.3. The second kappa shape index (κ2) is 6.62. The monoisotopic (exact) mass is 159 g/mol. The maximum Gasteiger partial charge on any atom is 0.0471 e. The number of aliphatic hydroxyl groups is 1. The molecule has 0 radical (unpaired) electrons. The normalized spacial score (nSPS) is 16.4. The summed E-state index contributed by atoms with van der Waals surface area (Å²) in [5.41, 5.74) is 5.47. The molecule has 3 N–H and O–H groups in total. The Morgan fingerprint density at radius 1 is 1.45 bits per heavy atom. The minimum Gasteiger partial charge on any atom is -0.396 e. The maximum absolute atomic E-state index is 8.86. The lowest BCUT2D eigenvalue weighted by Gasteiger charge is -2.16. The van der Waals surface area contributed by atoms with Crippen LogP contribution in [0.1, 0.15) is 33.1 Å². The number of hydrogen-bond acceptors (Lipinski definition) is 2. The van der Waals surface area contributed by atoms with Crippen molar-refractivity contribution in [2.45, 2.75) is 33.1 Å². The molecule has 11 heavy (non-hydrogen) atoms. The highest BCUT2D eigenvalue weighted by Crippen LogP contribution is 2.15. The predicted octanol–water partition coefficient (Wildman–Crippen LogP) is 1.38. The van der Waals surface area contributed by atoms with Crippen molar-refractivity contribution < 1.29 is 5.11 Å². The zero-order valence-corrected chi connectivity index (χ0v) is 7.71. The topological polar surface area (TPSA) is 46.2 Å². The van der Waals surface area contributed by atoms with Gasteiger partial charge in [-0.15, -0.1) is 0 Å². The zero-order chi connectivity index (χ0) is 8.69. The third kappa shape index (κ3) is 5.22. The van der Waals surface area contributed by atoms with E-state index in [0.717, 1.165) is 6.42 Å². The van der Waals surface area contributed by atoms with Crippen LogP contribution in [0.3, 0.4) is 0 Å². The molecule has 0 aliphatic heterocycles. The fraction of sp³-hybridized carbons (Fsp3) is 1.00. The van der Waals surface area contributed by atoms with E-state index in [2.05, 4.69) is 13.8 Å². The molecule has 0 aromatic heterocycles. The second-order valence-electron chi connectivity index (χ2n) is 3.41. The number of hydrogen-bond donors (Lipinski definition) is 2. The van der Waals surface area contributed by atoms with Gasteiger partial charge in [0.15, 0.2) is 0 Å². The van der Waals surface area contributed by atoms with E-state index in [-0.39, 0.29) is 6.61 Å². The molecule has 0 aliphatic carbocycles. The molecule has 0 aromatic rings. The van der Waals surface area contributed by atoms with Crippen LogP contribution in [-0.4, -0.2) is 18.3 Å². The van der Waals surface area contributed by atoms with Gasteiger partial charge in [0, 0.05) is 6.61 Å². The van der Waals surface area contributed by atoms with Gasteiger partial charge in [0.25, 0.3) is 0 Å². The molecule has 0 aliphatic rings. The van der Waals surface area contributed by atoms with Gasteiger partial charge in [-0.3, -0.25) is 0 Å². The molecule has 0 heterocycles. The maximum atomic E-state index is 8.86. The first-order valence-corrected chi connectivity index (χ1v) is 4.55. The lowest BCUT2D eigenvalue weighted by atomic mass is 9.93. The van der Waals surface area contributed by atoms with Crippen LogP contribution in [0.15, 0.2) is 0 Å². The van der Waals surface area contributed by atoms with Crippen molar-refractivity contribution in [3.8, 4) is 0 Å². The van der Waals surface area contributed by atoms with E-state index >= 15 is 0 Å². The van der Waals surface area contributed by atoms with Crippen LogP contribution >= 0.6 is 0 Å². The van der Waals surface area contributed by atoms with Crippen LogP contribution in [0.5, 0.6) is 0 Å². The van der Waals surface area contributed by atoms with E-state index < -0.39 is 0 Å². The van der Waals surface area contributed by atoms with Crippen LogP contribution < -0.4 is 5.73 Å². The van der Waals surface area contributed by atoms with Gasteiger partial charge < -0.3 is 10.8 Å². The van der Waals surface area contributed by atoms with E-state index in [9.17, 15) is 0 Å². The fourth-order valence-corrected chi connectivity index (χ4v) is 1.42. The van der Waals surface area contributed by atoms with Crippen LogP contribution in [0.2, 0.25) is 0 Å². The van der Waals surface area contributed by atoms with Crippen molar-refractivity contribution in [3.05, 3.63) is 0 Å². The van der Waals surface area contributed by atoms with E-state index in [4.69, 9.17) is 10.8 Å². The molecule has 2 atom stereocenters. The highest BCUT2D eigenvalue weighted by molar-refractivity contribution is 4.62. The Balaban J connectivity index is 3.44. The van der Waals surface area contributed by atoms with Crippen LogP contribution in [0.4, 0.5) is 0 Å². The summed E-state index contributed by atoms with van der Waals surface area (Å²) >= 11 is 0. The summed E-state index contributed by atoms with van der Waals surface area (Å²) in [4.78, 5) is 0. The fourth-order valence-electron chi connectivity index (χ4n) is 1.42. The van der Waals surface area contributed by atoms with Crippen LogP contribution in [-0.2, 0) is 0 Å². The summed E-state index contributed by atoms with van der Waals surface area (Å²) in [6.45, 7) is 5.27. The number of nitrogens with two attached hydrogens (primary N) is 1. The van der Waals surface area contributed by atoms with Gasteiger partial charge in [-0.05, 0) is 24.8 Å². The predicted molar refractivity (Wildman–Crippen MR) is 48.3 cm³/mol. The lowest BCUT2D eigenvalue weighted by Crippen LogP contribution is -2.20. The summed E-state index contributed by atoms with van der Waals surface area (Å²) in [7, 11) is 0. The third-order valence-electron chi connectivity index (χ3n) is 2.11. The summed E-state index contributed by atoms with van der Waals surface area (Å²) in [6.07, 6.45) is 3.54. The number of aliphatic hydroxyl groups excluding tert-OH is 1. The molecule has 0 amide bonds. The average Bonchev–Trinajstić information content (AvgIpc) is 2.01. The smallest absolute Gasteiger partial charge is 0.0471 e. The molecular formula is C9H21NO. The molecule has 0 rings (SSSR count). The second-order valence-corrected chi connectivity index (χ2v) is 3.41. The Morgan fingerprint density at radius 2 is 2.09 bits per heavy atom. The average molecular weight is 159 g/mol. The molecule has 2 nitrogen and oxygen atoms in total. The summed E-state index contributed by atoms with van der Waals surface area (Å²) in [5.74, 6) is 1.03. The number of rotatable bonds is 6. The SMILES string of the molecule is CCCC(C)CC(CN)CO. The first-order valence-electron chi connectivity index (χ1n) is 4.55. The molecule has 0 saturated heterocycles. The van der Waals surface area contributed by atoms with Gasteiger partial charge in [-0.1, -0.05) is 26.7 Å². The van der Waals surface area contributed by atoms with Crippen molar-refractivity contribution in [1.29, 1.82) is 0 Å². The first kappa shape index (κ1) is 10.9. The minimum absolute atomic E-state index is 0.241. The largest absolute Gasteiger partial charge is 0.396 e. The van der Waals surface area contributed by atoms with Crippen LogP contribution in [0, 0.1) is 11.8 Å². The van der Waals surface area contributed by atoms with Crippen molar-refractivity contribution in [2.24, 2.45) is 17.6 Å². The first-order chi connectivity index (χ1) is 5.24. The van der Waals surface area contributed by atoms with Gasteiger partial charge in [0.1, 0.15) is 0 Å². The van der Waals surface area contributed by atoms with Gasteiger partial charge in [-0.25, -0.2) is 0 Å². The van der Waals surface area contributed by atoms with Crippen molar-refractivity contribution in [1.82, 2.24) is 0 Å². The minimum atomic E-state index is 0.241. The van der Waals surface area contributed by atoms with Crippen molar-refractivity contribution in [2.75, 3.05) is 13.2 Å². The molecular weight excluding hydrogens is 138 g/mol. The van der Waals surface area contributed by atoms with Gasteiger partial charge in [0.2, 0.25) is 0 Å². The van der Waals surface area contributed by atoms with Crippen molar-refractivity contribution >= 4 is 0 Å². The zero-order valence-electron chi connectivity index (χ0n) is 7.71. The third-order valence-corrected chi connectivity index (χ3v) is 2.11. The summed E-state index contributed by atoms with van der Waals surface area (Å²) < 4.78 is 0. The molecule has 2 heteroatoms. The molecule has 0 spiro atoms. The van der Waals surface area contributed by atoms with E-state index in [1.165, 1.54) is 12.8 Å². The lowest BCUT2D eigenvalue weighted by molar-refractivity contribution is 0.205. The van der Waals surface area contributed by atoms with Gasteiger partial charge in [0.05, 0.1) is 0 Å². The van der Waals surface area contributed by atoms with Gasteiger partial charge >= 0.3 is 0 Å². The van der Waals surface area contributed by atoms with E-state index in [1.807, 2.05) is 0 Å². The van der Waals surface area contributed by atoms with E-state index in [0.29, 0.717) is 18.4 Å². The summed E-state index contributed by atoms with van der Waals surface area (Å²) in [5, 5.41) is 8.86. The Kier molecular flexibility index (Phi) is 6.57. The Morgan fingerprint density at radius 3 is 2.45 bits per heavy atom. The Labute approximate surface area is 69.8 Å². The quantitative estimate of drug-likeness (QED) is 0.615. The van der Waals surface area contributed by atoms with Crippen molar-refractivity contribution in [3.63, 3.8) is 0 Å². The Hall–Kier alpha value is -0.0800. The molecule has 0 bridgehead atoms. The molecule has 0 saturated carbocycles. The van der Waals surface area contributed by atoms with E-state index in [1.54, 1.807) is 0 Å². The van der Waals surface area contributed by atoms with Crippen LogP contribution in [0.25, 0.3) is 0 Å². The molecule has 0 fully saturated rings. The Bertz CT molecular complexity index is 81.6. The summed E-state index contributed by atoms with van der Waals surface area (Å²) in [6, 6.07) is 0. The molecule has 68 valence electrons. The molecule has 2 unspecified atom stereocenters. The highest BCUT2D eigenvalue weighted by Gasteiger charge is 2.09.